The van der Waals surface area contributed by atoms with Crippen LogP contribution in [-0.4, -0.2) is 33.5 Å². The molecule has 2 rings (SSSR count). The lowest BCUT2D eigenvalue weighted by Gasteiger charge is -2.19. The fraction of sp³-hybridized carbons (Fsp3) is 0.357. The molecular weight excluding hydrogens is 279 g/mol. The summed E-state index contributed by atoms with van der Waals surface area (Å²) in [6.07, 6.45) is 0.408. The van der Waals surface area contributed by atoms with E-state index in [1.165, 1.54) is 0 Å². The van der Waals surface area contributed by atoms with E-state index in [9.17, 15) is 18.8 Å². The number of carbonyl (C=O) groups is 3. The second kappa shape index (κ2) is 5.16. The topological polar surface area (TPSA) is 86.7 Å². The summed E-state index contributed by atoms with van der Waals surface area (Å²) >= 11 is 0. The Bertz CT molecular complexity index is 631. The van der Waals surface area contributed by atoms with Gasteiger partial charge in [0.25, 0.3) is 5.91 Å². The van der Waals surface area contributed by atoms with Crippen molar-refractivity contribution in [2.45, 2.75) is 32.4 Å². The van der Waals surface area contributed by atoms with E-state index in [4.69, 9.17) is 5.11 Å². The number of carboxylic acids is 1. The summed E-state index contributed by atoms with van der Waals surface area (Å²) in [5.74, 6) is -2.31. The maximum absolute atomic E-state index is 13.8. The molecule has 21 heavy (non-hydrogen) atoms. The quantitative estimate of drug-likeness (QED) is 0.828. The first-order valence-electron chi connectivity index (χ1n) is 6.44. The number of nitrogens with zero attached hydrogens (tertiary/aromatic N) is 1. The van der Waals surface area contributed by atoms with Crippen molar-refractivity contribution >= 4 is 17.9 Å². The lowest BCUT2D eigenvalue weighted by Crippen LogP contribution is -2.43. The Morgan fingerprint density at radius 3 is 2.62 bits per heavy atom. The van der Waals surface area contributed by atoms with E-state index >= 15 is 0 Å². The zero-order chi connectivity index (χ0) is 15.8. The highest BCUT2D eigenvalue weighted by Crippen LogP contribution is 2.23. The van der Waals surface area contributed by atoms with Crippen LogP contribution in [0.25, 0.3) is 0 Å². The van der Waals surface area contributed by atoms with Crippen LogP contribution in [-0.2, 0) is 11.3 Å². The Morgan fingerprint density at radius 2 is 2.10 bits per heavy atom. The second-order valence-corrected chi connectivity index (χ2v) is 5.12. The number of amides is 3. The number of imide groups is 1. The highest BCUT2D eigenvalue weighted by Gasteiger charge is 2.46. The van der Waals surface area contributed by atoms with Crippen LogP contribution in [0, 0.1) is 5.82 Å². The van der Waals surface area contributed by atoms with Crippen LogP contribution in [0.15, 0.2) is 18.2 Å². The summed E-state index contributed by atoms with van der Waals surface area (Å²) in [4.78, 5) is 35.8. The molecule has 0 radical (unpaired) electrons. The van der Waals surface area contributed by atoms with E-state index in [2.05, 4.69) is 5.32 Å². The van der Waals surface area contributed by atoms with Crippen molar-refractivity contribution in [1.82, 2.24) is 10.2 Å². The standard InChI is InChI=1S/C14H15FN2O4/c1-3-14(2)12(20)17(13(21)16-14)7-9-6-8(11(18)19)4-5-10(9)15/h4-6H,3,7H2,1-2H3,(H,16,21)(H,18,19). The first-order valence-corrected chi connectivity index (χ1v) is 6.44. The lowest BCUT2D eigenvalue weighted by atomic mass is 9.99. The Kier molecular flexibility index (Phi) is 3.67. The molecule has 1 unspecified atom stereocenters. The smallest absolute Gasteiger partial charge is 0.335 e. The number of rotatable bonds is 4. The van der Waals surface area contributed by atoms with Gasteiger partial charge in [-0.2, -0.15) is 0 Å². The van der Waals surface area contributed by atoms with E-state index < -0.39 is 29.3 Å². The predicted octanol–water partition coefficient (Wildman–Crippen LogP) is 1.74. The molecule has 0 spiro atoms. The monoisotopic (exact) mass is 294 g/mol. The lowest BCUT2D eigenvalue weighted by molar-refractivity contribution is -0.131. The van der Waals surface area contributed by atoms with Crippen molar-refractivity contribution in [3.63, 3.8) is 0 Å². The van der Waals surface area contributed by atoms with Crippen LogP contribution < -0.4 is 5.32 Å². The third kappa shape index (κ3) is 2.58. The van der Waals surface area contributed by atoms with Crippen LogP contribution in [0.2, 0.25) is 0 Å². The molecule has 1 aliphatic rings. The third-order valence-corrected chi connectivity index (χ3v) is 3.67. The predicted molar refractivity (Wildman–Crippen MR) is 71.1 cm³/mol. The number of halogens is 1. The molecule has 1 aliphatic heterocycles. The van der Waals surface area contributed by atoms with Gasteiger partial charge in [-0.3, -0.25) is 9.69 Å². The van der Waals surface area contributed by atoms with Crippen LogP contribution in [0.5, 0.6) is 0 Å². The molecule has 1 heterocycles. The van der Waals surface area contributed by atoms with Crippen molar-refractivity contribution in [1.29, 1.82) is 0 Å². The molecule has 1 atom stereocenters. The first-order chi connectivity index (χ1) is 9.78. The van der Waals surface area contributed by atoms with Gasteiger partial charge in [-0.1, -0.05) is 6.92 Å². The number of benzene rings is 1. The van der Waals surface area contributed by atoms with Crippen LogP contribution in [0.1, 0.15) is 36.2 Å². The summed E-state index contributed by atoms with van der Waals surface area (Å²) in [5.41, 5.74) is -1.12. The zero-order valence-corrected chi connectivity index (χ0v) is 11.6. The number of hydrogen-bond acceptors (Lipinski definition) is 3. The highest BCUT2D eigenvalue weighted by molar-refractivity contribution is 6.06. The summed E-state index contributed by atoms with van der Waals surface area (Å²) in [6.45, 7) is 3.05. The van der Waals surface area contributed by atoms with Gasteiger partial charge in [0.2, 0.25) is 0 Å². The Morgan fingerprint density at radius 1 is 1.43 bits per heavy atom. The number of hydrogen-bond donors (Lipinski definition) is 2. The fourth-order valence-electron chi connectivity index (χ4n) is 2.13. The van der Waals surface area contributed by atoms with Gasteiger partial charge in [-0.15, -0.1) is 0 Å². The van der Waals surface area contributed by atoms with E-state index in [0.29, 0.717) is 6.42 Å². The van der Waals surface area contributed by atoms with Crippen LogP contribution in [0.4, 0.5) is 9.18 Å². The zero-order valence-electron chi connectivity index (χ0n) is 11.6. The van der Waals surface area contributed by atoms with E-state index in [-0.39, 0.29) is 17.7 Å². The first kappa shape index (κ1) is 15.0. The van der Waals surface area contributed by atoms with Gasteiger partial charge in [-0.25, -0.2) is 14.0 Å². The van der Waals surface area contributed by atoms with Gasteiger partial charge >= 0.3 is 12.0 Å². The van der Waals surface area contributed by atoms with Gasteiger partial charge in [0, 0.05) is 5.56 Å². The normalized spacial score (nSPS) is 21.6. The number of carbonyl (C=O) groups excluding carboxylic acids is 2. The number of urea groups is 1. The van der Waals surface area contributed by atoms with E-state index in [1.807, 2.05) is 0 Å². The molecule has 0 aromatic heterocycles. The minimum Gasteiger partial charge on any atom is -0.478 e. The van der Waals surface area contributed by atoms with Gasteiger partial charge in [0.15, 0.2) is 0 Å². The molecular formula is C14H15FN2O4. The van der Waals surface area contributed by atoms with Crippen molar-refractivity contribution < 1.29 is 23.9 Å². The minimum atomic E-state index is -1.20. The molecule has 112 valence electrons. The molecule has 1 aromatic carbocycles. The molecule has 1 saturated heterocycles. The van der Waals surface area contributed by atoms with Gasteiger partial charge in [0.1, 0.15) is 11.4 Å². The molecule has 3 amide bonds. The number of carboxylic acid groups (broad SMARTS) is 1. The minimum absolute atomic E-state index is 0.0150. The number of nitrogens with one attached hydrogen (secondary N) is 1. The average Bonchev–Trinajstić information content (AvgIpc) is 2.65. The Hall–Kier alpha value is -2.44. The largest absolute Gasteiger partial charge is 0.478 e. The summed E-state index contributed by atoms with van der Waals surface area (Å²) in [5, 5.41) is 11.5. The third-order valence-electron chi connectivity index (χ3n) is 3.67. The van der Waals surface area contributed by atoms with Gasteiger partial charge in [-0.05, 0) is 31.5 Å². The van der Waals surface area contributed by atoms with Crippen molar-refractivity contribution in [3.8, 4) is 0 Å². The van der Waals surface area contributed by atoms with Crippen molar-refractivity contribution in [2.24, 2.45) is 0 Å². The maximum Gasteiger partial charge on any atom is 0.335 e. The van der Waals surface area contributed by atoms with Gasteiger partial charge in [0.05, 0.1) is 12.1 Å². The Balaban J connectivity index is 2.30. The highest BCUT2D eigenvalue weighted by atomic mass is 19.1. The molecule has 2 N–H and O–H groups in total. The fourth-order valence-corrected chi connectivity index (χ4v) is 2.13. The molecule has 0 saturated carbocycles. The number of aromatic carboxylic acids is 1. The van der Waals surface area contributed by atoms with Crippen molar-refractivity contribution in [2.75, 3.05) is 0 Å². The molecule has 0 bridgehead atoms. The SMILES string of the molecule is CCC1(C)NC(=O)N(Cc2cc(C(=O)O)ccc2F)C1=O. The van der Waals surface area contributed by atoms with Crippen molar-refractivity contribution in [3.05, 3.63) is 35.1 Å². The molecule has 1 fully saturated rings. The van der Waals surface area contributed by atoms with E-state index in [1.54, 1.807) is 13.8 Å². The van der Waals surface area contributed by atoms with Crippen LogP contribution in [0.3, 0.4) is 0 Å². The molecule has 7 heteroatoms. The van der Waals surface area contributed by atoms with E-state index in [0.717, 1.165) is 23.1 Å². The summed E-state index contributed by atoms with van der Waals surface area (Å²) in [6, 6.07) is 2.66. The molecule has 6 nitrogen and oxygen atoms in total. The van der Waals surface area contributed by atoms with Crippen LogP contribution >= 0.6 is 0 Å². The maximum atomic E-state index is 13.8. The van der Waals surface area contributed by atoms with Gasteiger partial charge < -0.3 is 10.4 Å². The summed E-state index contributed by atoms with van der Waals surface area (Å²) in [7, 11) is 0. The second-order valence-electron chi connectivity index (χ2n) is 5.12. The molecule has 1 aromatic rings. The molecule has 0 aliphatic carbocycles. The Labute approximate surface area is 120 Å². The average molecular weight is 294 g/mol. The summed E-state index contributed by atoms with van der Waals surface area (Å²) < 4.78 is 13.8.